The topological polar surface area (TPSA) is 103 Å². The number of hydrogen-bond acceptors (Lipinski definition) is 7. The van der Waals surface area contributed by atoms with Gasteiger partial charge in [-0.2, -0.15) is 15.2 Å². The van der Waals surface area contributed by atoms with Gasteiger partial charge >= 0.3 is 0 Å². The van der Waals surface area contributed by atoms with E-state index in [2.05, 4.69) is 31.3 Å². The molecule has 0 aliphatic carbocycles. The van der Waals surface area contributed by atoms with Crippen molar-refractivity contribution >= 4 is 22.9 Å². The Bertz CT molecular complexity index is 618. The average Bonchev–Trinajstić information content (AvgIpc) is 2.95. The van der Waals surface area contributed by atoms with Gasteiger partial charge in [0.15, 0.2) is 11.5 Å². The van der Waals surface area contributed by atoms with Crippen molar-refractivity contribution in [3.63, 3.8) is 0 Å². The quantitative estimate of drug-likeness (QED) is 0.751. The highest BCUT2D eigenvalue weighted by Crippen LogP contribution is 2.22. The van der Waals surface area contributed by atoms with Crippen LogP contribution in [0.2, 0.25) is 0 Å². The van der Waals surface area contributed by atoms with E-state index in [1.165, 1.54) is 0 Å². The predicted molar refractivity (Wildman–Crippen MR) is 80.2 cm³/mol. The van der Waals surface area contributed by atoms with Crippen molar-refractivity contribution in [3.8, 4) is 6.07 Å². The zero-order valence-corrected chi connectivity index (χ0v) is 12.3. The summed E-state index contributed by atoms with van der Waals surface area (Å²) in [7, 11) is 1.65. The molecule has 8 nitrogen and oxygen atoms in total. The summed E-state index contributed by atoms with van der Waals surface area (Å²) in [6, 6.07) is 2.16. The van der Waals surface area contributed by atoms with Gasteiger partial charge in [-0.1, -0.05) is 0 Å². The fourth-order valence-electron chi connectivity index (χ4n) is 1.99. The van der Waals surface area contributed by atoms with Crippen LogP contribution in [-0.2, 0) is 4.74 Å². The third kappa shape index (κ3) is 3.58. The first-order chi connectivity index (χ1) is 10.3. The lowest BCUT2D eigenvalue weighted by Crippen LogP contribution is -2.29. The Balaban J connectivity index is 2.38. The summed E-state index contributed by atoms with van der Waals surface area (Å²) in [6.45, 7) is 4.49. The van der Waals surface area contributed by atoms with Crippen molar-refractivity contribution in [2.75, 3.05) is 43.6 Å². The lowest BCUT2D eigenvalue weighted by Gasteiger charge is -2.23. The molecule has 112 valence electrons. The molecule has 0 fully saturated rings. The summed E-state index contributed by atoms with van der Waals surface area (Å²) >= 11 is 0. The van der Waals surface area contributed by atoms with Crippen LogP contribution >= 0.6 is 0 Å². The molecular formula is C13H19N7O. The molecule has 8 heteroatoms. The molecule has 21 heavy (non-hydrogen) atoms. The van der Waals surface area contributed by atoms with Crippen LogP contribution in [0.25, 0.3) is 11.2 Å². The molecular weight excluding hydrogens is 270 g/mol. The third-order valence-electron chi connectivity index (χ3n) is 2.96. The van der Waals surface area contributed by atoms with Crippen LogP contribution in [0.4, 0.5) is 11.8 Å². The molecule has 0 amide bonds. The molecule has 0 atom stereocenters. The van der Waals surface area contributed by atoms with E-state index in [0.29, 0.717) is 37.7 Å². The first-order valence-corrected chi connectivity index (χ1v) is 6.86. The number of anilines is 2. The minimum absolute atomic E-state index is 0.417. The van der Waals surface area contributed by atoms with E-state index in [1.807, 2.05) is 11.8 Å². The minimum atomic E-state index is 0.417. The molecule has 0 saturated heterocycles. The smallest absolute Gasteiger partial charge is 0.226 e. The number of rotatable bonds is 8. The highest BCUT2D eigenvalue weighted by molar-refractivity contribution is 5.84. The number of nitrogens with one attached hydrogen (secondary N) is 2. The summed E-state index contributed by atoms with van der Waals surface area (Å²) in [5.41, 5.74) is 1.38. The number of ether oxygens (including phenoxy) is 1. The van der Waals surface area contributed by atoms with Crippen LogP contribution in [0.15, 0.2) is 6.33 Å². The molecule has 2 rings (SSSR count). The third-order valence-corrected chi connectivity index (χ3v) is 2.96. The molecule has 0 aromatic carbocycles. The lowest BCUT2D eigenvalue weighted by atomic mass is 10.3. The van der Waals surface area contributed by atoms with Crippen LogP contribution in [0.5, 0.6) is 0 Å². The fraction of sp³-hybridized carbons (Fsp3) is 0.538. The number of imidazole rings is 1. The van der Waals surface area contributed by atoms with Crippen LogP contribution in [0.1, 0.15) is 13.3 Å². The highest BCUT2D eigenvalue weighted by atomic mass is 16.5. The molecule has 0 saturated carbocycles. The number of fused-ring (bicyclic) bond motifs is 1. The van der Waals surface area contributed by atoms with E-state index in [1.54, 1.807) is 13.4 Å². The number of nitriles is 1. The van der Waals surface area contributed by atoms with Gasteiger partial charge in [0.2, 0.25) is 5.95 Å². The Hall–Kier alpha value is -2.40. The van der Waals surface area contributed by atoms with E-state index >= 15 is 0 Å². The molecule has 0 aliphatic rings. The van der Waals surface area contributed by atoms with Crippen LogP contribution in [0.3, 0.4) is 0 Å². The molecule has 0 aliphatic heterocycles. The summed E-state index contributed by atoms with van der Waals surface area (Å²) in [4.78, 5) is 18.1. The number of aromatic nitrogens is 4. The summed E-state index contributed by atoms with van der Waals surface area (Å²) < 4.78 is 5.14. The Morgan fingerprint density at radius 2 is 2.29 bits per heavy atom. The SMILES string of the molecule is CCNc1nc(N(CCC#N)CCOC)c2[nH]cnc2n1. The van der Waals surface area contributed by atoms with E-state index in [9.17, 15) is 0 Å². The molecule has 0 unspecified atom stereocenters. The number of hydrogen-bond donors (Lipinski definition) is 2. The van der Waals surface area contributed by atoms with Crippen molar-refractivity contribution in [3.05, 3.63) is 6.33 Å². The highest BCUT2D eigenvalue weighted by Gasteiger charge is 2.16. The van der Waals surface area contributed by atoms with Crippen LogP contribution in [0, 0.1) is 11.3 Å². The zero-order valence-electron chi connectivity index (χ0n) is 12.3. The lowest BCUT2D eigenvalue weighted by molar-refractivity contribution is 0.205. The summed E-state index contributed by atoms with van der Waals surface area (Å²) in [5, 5.41) is 11.9. The van der Waals surface area contributed by atoms with Gasteiger partial charge in [-0.25, -0.2) is 4.98 Å². The van der Waals surface area contributed by atoms with Crippen LogP contribution in [-0.4, -0.2) is 53.3 Å². The zero-order chi connectivity index (χ0) is 15.1. The average molecular weight is 289 g/mol. The van der Waals surface area contributed by atoms with Crippen molar-refractivity contribution in [1.82, 2.24) is 19.9 Å². The molecule has 0 radical (unpaired) electrons. The first kappa shape index (κ1) is 15.0. The number of H-pyrrole nitrogens is 1. The Labute approximate surface area is 123 Å². The minimum Gasteiger partial charge on any atom is -0.383 e. The Morgan fingerprint density at radius 1 is 1.43 bits per heavy atom. The molecule has 0 bridgehead atoms. The largest absolute Gasteiger partial charge is 0.383 e. The summed E-state index contributed by atoms with van der Waals surface area (Å²) in [6.07, 6.45) is 2.01. The van der Waals surface area contributed by atoms with Crippen molar-refractivity contribution in [2.45, 2.75) is 13.3 Å². The molecule has 2 N–H and O–H groups in total. The predicted octanol–water partition coefficient (Wildman–Crippen LogP) is 1.15. The second kappa shape index (κ2) is 7.40. The fourth-order valence-corrected chi connectivity index (χ4v) is 1.99. The molecule has 2 heterocycles. The van der Waals surface area contributed by atoms with Crippen molar-refractivity contribution in [1.29, 1.82) is 5.26 Å². The van der Waals surface area contributed by atoms with Gasteiger partial charge in [0.1, 0.15) is 5.52 Å². The van der Waals surface area contributed by atoms with Gasteiger partial charge < -0.3 is 19.9 Å². The standard InChI is InChI=1S/C13H19N7O/c1-3-15-13-18-11-10(16-9-17-11)12(19-13)20(6-4-5-14)7-8-21-2/h9H,3-4,6-8H2,1-2H3,(H2,15,16,17,18,19). The second-order valence-corrected chi connectivity index (χ2v) is 4.39. The maximum absolute atomic E-state index is 8.83. The van der Waals surface area contributed by atoms with Gasteiger partial charge in [-0.3, -0.25) is 0 Å². The van der Waals surface area contributed by atoms with Crippen LogP contribution < -0.4 is 10.2 Å². The Morgan fingerprint density at radius 3 is 3.00 bits per heavy atom. The summed E-state index contributed by atoms with van der Waals surface area (Å²) in [5.74, 6) is 1.27. The van der Waals surface area contributed by atoms with E-state index in [0.717, 1.165) is 17.9 Å². The van der Waals surface area contributed by atoms with Gasteiger partial charge in [0, 0.05) is 26.7 Å². The molecule has 2 aromatic heterocycles. The second-order valence-electron chi connectivity index (χ2n) is 4.39. The van der Waals surface area contributed by atoms with Crippen molar-refractivity contribution in [2.24, 2.45) is 0 Å². The van der Waals surface area contributed by atoms with Gasteiger partial charge in [0.25, 0.3) is 0 Å². The normalized spacial score (nSPS) is 10.5. The van der Waals surface area contributed by atoms with Gasteiger partial charge in [-0.05, 0) is 6.92 Å². The van der Waals surface area contributed by atoms with Crippen molar-refractivity contribution < 1.29 is 4.74 Å². The molecule has 2 aromatic rings. The first-order valence-electron chi connectivity index (χ1n) is 6.86. The van der Waals surface area contributed by atoms with E-state index < -0.39 is 0 Å². The van der Waals surface area contributed by atoms with E-state index in [-0.39, 0.29) is 0 Å². The van der Waals surface area contributed by atoms with Gasteiger partial charge in [0.05, 0.1) is 25.4 Å². The number of nitrogens with zero attached hydrogens (tertiary/aromatic N) is 5. The maximum atomic E-state index is 8.83. The maximum Gasteiger partial charge on any atom is 0.226 e. The monoisotopic (exact) mass is 289 g/mol. The van der Waals surface area contributed by atoms with E-state index in [4.69, 9.17) is 10.00 Å². The Kier molecular flexibility index (Phi) is 5.29. The number of methoxy groups -OCH3 is 1. The van der Waals surface area contributed by atoms with Gasteiger partial charge in [-0.15, -0.1) is 0 Å². The molecule has 0 spiro atoms. The number of aromatic amines is 1.